The highest BCUT2D eigenvalue weighted by atomic mass is 16.5. The minimum atomic E-state index is -0.678. The van der Waals surface area contributed by atoms with E-state index in [0.29, 0.717) is 18.8 Å². The summed E-state index contributed by atoms with van der Waals surface area (Å²) in [6.07, 6.45) is 1.79. The fourth-order valence-electron chi connectivity index (χ4n) is 3.83. The number of hydrogen-bond acceptors (Lipinski definition) is 6. The normalized spacial score (nSPS) is 15.4. The third-order valence-electron chi connectivity index (χ3n) is 5.73. The molecule has 3 aromatic rings. The number of hydrogen-bond donors (Lipinski definition) is 0. The fraction of sp³-hybridized carbons (Fsp3) is 0.333. The van der Waals surface area contributed by atoms with Gasteiger partial charge in [0, 0.05) is 50.6 Å². The van der Waals surface area contributed by atoms with Crippen LogP contribution >= 0.6 is 0 Å². The Bertz CT molecular complexity index is 1110. The number of carbonyl (C=O) groups excluding carboxylic acids is 1. The highest BCUT2D eigenvalue weighted by Gasteiger charge is 2.27. The minimum Gasteiger partial charge on any atom is -0.497 e. The largest absolute Gasteiger partial charge is 0.497 e. The third kappa shape index (κ3) is 4.86. The molecular weight excluding hydrogens is 406 g/mol. The minimum absolute atomic E-state index is 0.0935. The Morgan fingerprint density at radius 3 is 2.44 bits per heavy atom. The maximum atomic E-state index is 13.1. The Morgan fingerprint density at radius 1 is 1.03 bits per heavy atom. The number of carbonyl (C=O) groups is 1. The van der Waals surface area contributed by atoms with Gasteiger partial charge < -0.3 is 9.64 Å². The highest BCUT2D eigenvalue weighted by Crippen LogP contribution is 2.20. The molecule has 0 saturated carbocycles. The number of amides is 1. The van der Waals surface area contributed by atoms with E-state index in [9.17, 15) is 9.59 Å². The molecular formula is C24H27N5O3. The second kappa shape index (κ2) is 9.74. The quantitative estimate of drug-likeness (QED) is 0.593. The van der Waals surface area contributed by atoms with Gasteiger partial charge in [-0.05, 0) is 49.4 Å². The molecule has 32 heavy (non-hydrogen) atoms. The molecule has 0 N–H and O–H groups in total. The standard InChI is InChI=1S/C24H27N5O3/c1-18(24(31)28-15-13-27(14-16-28)17-20-5-3-4-12-25-20)29-23(30)11-10-22(26-29)19-6-8-21(32-2)9-7-19/h3-12,18H,13-17H2,1-2H3. The van der Waals surface area contributed by atoms with Gasteiger partial charge in [-0.15, -0.1) is 0 Å². The molecule has 2 aromatic heterocycles. The SMILES string of the molecule is COc1ccc(-c2ccc(=O)n(C(C)C(=O)N3CCN(Cc4ccccn4)CC3)n2)cc1. The summed E-state index contributed by atoms with van der Waals surface area (Å²) >= 11 is 0. The van der Waals surface area contributed by atoms with Crippen molar-refractivity contribution in [3.63, 3.8) is 0 Å². The Balaban J connectivity index is 1.43. The first-order valence-electron chi connectivity index (χ1n) is 10.7. The zero-order chi connectivity index (χ0) is 22.5. The summed E-state index contributed by atoms with van der Waals surface area (Å²) in [6.45, 7) is 5.26. The number of benzene rings is 1. The third-order valence-corrected chi connectivity index (χ3v) is 5.73. The molecule has 0 radical (unpaired) electrons. The second-order valence-electron chi connectivity index (χ2n) is 7.83. The molecule has 1 fully saturated rings. The van der Waals surface area contributed by atoms with Crippen LogP contribution in [0.2, 0.25) is 0 Å². The van der Waals surface area contributed by atoms with E-state index in [0.717, 1.165) is 36.6 Å². The van der Waals surface area contributed by atoms with Crippen LogP contribution in [0.15, 0.2) is 65.6 Å². The van der Waals surface area contributed by atoms with Gasteiger partial charge in [0.1, 0.15) is 11.8 Å². The molecule has 166 valence electrons. The second-order valence-corrected chi connectivity index (χ2v) is 7.83. The maximum absolute atomic E-state index is 13.1. The van der Waals surface area contributed by atoms with Crippen LogP contribution in [-0.4, -0.2) is 63.8 Å². The summed E-state index contributed by atoms with van der Waals surface area (Å²) in [5.74, 6) is 0.650. The zero-order valence-corrected chi connectivity index (χ0v) is 18.3. The van der Waals surface area contributed by atoms with Crippen LogP contribution in [0.25, 0.3) is 11.3 Å². The maximum Gasteiger partial charge on any atom is 0.267 e. The van der Waals surface area contributed by atoms with Crippen LogP contribution in [0.4, 0.5) is 0 Å². The summed E-state index contributed by atoms with van der Waals surface area (Å²) in [5, 5.41) is 4.48. The molecule has 1 aliphatic rings. The van der Waals surface area contributed by atoms with Gasteiger partial charge in [-0.1, -0.05) is 6.07 Å². The van der Waals surface area contributed by atoms with Gasteiger partial charge >= 0.3 is 0 Å². The predicted octanol–water partition coefficient (Wildman–Crippen LogP) is 2.22. The predicted molar refractivity (Wildman–Crippen MR) is 121 cm³/mol. The topological polar surface area (TPSA) is 80.6 Å². The van der Waals surface area contributed by atoms with Crippen LogP contribution in [0.1, 0.15) is 18.7 Å². The summed E-state index contributed by atoms with van der Waals surface area (Å²) < 4.78 is 6.47. The molecule has 0 aliphatic carbocycles. The van der Waals surface area contributed by atoms with Crippen molar-refractivity contribution < 1.29 is 9.53 Å². The van der Waals surface area contributed by atoms with Gasteiger partial charge in [0.25, 0.3) is 5.56 Å². The fourth-order valence-corrected chi connectivity index (χ4v) is 3.83. The number of ether oxygens (including phenoxy) is 1. The summed E-state index contributed by atoms with van der Waals surface area (Å²) in [6, 6.07) is 15.8. The molecule has 1 unspecified atom stereocenters. The molecule has 1 atom stereocenters. The lowest BCUT2D eigenvalue weighted by Gasteiger charge is -2.35. The van der Waals surface area contributed by atoms with Gasteiger partial charge in [0.05, 0.1) is 18.5 Å². The van der Waals surface area contributed by atoms with Crippen molar-refractivity contribution in [1.82, 2.24) is 24.6 Å². The van der Waals surface area contributed by atoms with Crippen LogP contribution in [0.3, 0.4) is 0 Å². The van der Waals surface area contributed by atoms with Crippen molar-refractivity contribution in [2.24, 2.45) is 0 Å². The Kier molecular flexibility index (Phi) is 6.61. The first kappa shape index (κ1) is 21.7. The zero-order valence-electron chi connectivity index (χ0n) is 18.3. The lowest BCUT2D eigenvalue weighted by atomic mass is 10.1. The van der Waals surface area contributed by atoms with E-state index in [1.165, 1.54) is 10.7 Å². The summed E-state index contributed by atoms with van der Waals surface area (Å²) in [4.78, 5) is 34.1. The molecule has 1 saturated heterocycles. The molecule has 1 amide bonds. The van der Waals surface area contributed by atoms with Gasteiger partial charge in [-0.25, -0.2) is 4.68 Å². The van der Waals surface area contributed by atoms with Gasteiger partial charge in [0.2, 0.25) is 5.91 Å². The number of aromatic nitrogens is 3. The van der Waals surface area contributed by atoms with E-state index in [1.807, 2.05) is 47.4 Å². The van der Waals surface area contributed by atoms with Crippen LogP contribution in [0.5, 0.6) is 5.75 Å². The molecule has 0 bridgehead atoms. The molecule has 1 aromatic carbocycles. The monoisotopic (exact) mass is 433 g/mol. The van der Waals surface area contributed by atoms with Gasteiger partial charge in [-0.2, -0.15) is 5.10 Å². The summed E-state index contributed by atoms with van der Waals surface area (Å²) in [7, 11) is 1.61. The Hall–Kier alpha value is -3.52. The van der Waals surface area contributed by atoms with Gasteiger partial charge in [0.15, 0.2) is 0 Å². The van der Waals surface area contributed by atoms with Crippen molar-refractivity contribution in [3.05, 3.63) is 76.8 Å². The first-order valence-corrected chi connectivity index (χ1v) is 10.7. The van der Waals surface area contributed by atoms with E-state index < -0.39 is 6.04 Å². The molecule has 0 spiro atoms. The van der Waals surface area contributed by atoms with Gasteiger partial charge in [-0.3, -0.25) is 19.5 Å². The number of methoxy groups -OCH3 is 1. The average Bonchev–Trinajstić information content (AvgIpc) is 2.85. The number of piperazine rings is 1. The molecule has 8 nitrogen and oxygen atoms in total. The number of rotatable bonds is 6. The van der Waals surface area contributed by atoms with E-state index in [2.05, 4.69) is 15.0 Å². The molecule has 4 rings (SSSR count). The van der Waals surface area contributed by atoms with Crippen molar-refractivity contribution in [1.29, 1.82) is 0 Å². The van der Waals surface area contributed by atoms with Crippen molar-refractivity contribution in [3.8, 4) is 17.0 Å². The highest BCUT2D eigenvalue weighted by molar-refractivity contribution is 5.80. The van der Waals surface area contributed by atoms with Crippen molar-refractivity contribution in [2.45, 2.75) is 19.5 Å². The van der Waals surface area contributed by atoms with Crippen molar-refractivity contribution in [2.75, 3.05) is 33.3 Å². The van der Waals surface area contributed by atoms with E-state index in [1.54, 1.807) is 26.3 Å². The molecule has 8 heteroatoms. The van der Waals surface area contributed by atoms with E-state index >= 15 is 0 Å². The number of pyridine rings is 1. The Morgan fingerprint density at radius 2 is 1.78 bits per heavy atom. The average molecular weight is 434 g/mol. The number of nitrogens with zero attached hydrogens (tertiary/aromatic N) is 5. The summed E-state index contributed by atoms with van der Waals surface area (Å²) in [5.41, 5.74) is 2.21. The molecule has 3 heterocycles. The van der Waals surface area contributed by atoms with Crippen LogP contribution < -0.4 is 10.3 Å². The van der Waals surface area contributed by atoms with E-state index in [-0.39, 0.29) is 11.5 Å². The smallest absolute Gasteiger partial charge is 0.267 e. The van der Waals surface area contributed by atoms with Crippen LogP contribution in [0, 0.1) is 0 Å². The molecule has 1 aliphatic heterocycles. The first-order chi connectivity index (χ1) is 15.5. The lowest BCUT2D eigenvalue weighted by molar-refractivity contribution is -0.136. The van der Waals surface area contributed by atoms with Crippen LogP contribution in [-0.2, 0) is 11.3 Å². The van der Waals surface area contributed by atoms with E-state index in [4.69, 9.17) is 4.74 Å². The Labute approximate surface area is 187 Å². The van der Waals surface area contributed by atoms with Crippen molar-refractivity contribution >= 4 is 5.91 Å². The lowest BCUT2D eigenvalue weighted by Crippen LogP contribution is -2.50.